The molecule has 0 saturated carbocycles. The second-order valence-corrected chi connectivity index (χ2v) is 7.51. The van der Waals surface area contributed by atoms with Crippen LogP contribution in [0.1, 0.15) is 12.8 Å². The summed E-state index contributed by atoms with van der Waals surface area (Å²) in [4.78, 5) is 34.0. The number of carbonyl (C=O) groups excluding carboxylic acids is 1. The zero-order valence-electron chi connectivity index (χ0n) is 13.4. The average molecular weight is 371 g/mol. The molecule has 0 radical (unpaired) electrons. The summed E-state index contributed by atoms with van der Waals surface area (Å²) in [6.45, 7) is -0.456. The molecular weight excluding hydrogens is 354 g/mol. The van der Waals surface area contributed by atoms with Gasteiger partial charge in [0, 0.05) is 25.7 Å². The van der Waals surface area contributed by atoms with Crippen molar-refractivity contribution in [1.29, 1.82) is 0 Å². The molecule has 1 saturated heterocycles. The Hall–Kier alpha value is -2.53. The summed E-state index contributed by atoms with van der Waals surface area (Å²) < 4.78 is 26.5. The summed E-state index contributed by atoms with van der Waals surface area (Å²) in [5.41, 5.74) is -0.369. The quantitative estimate of drug-likeness (QED) is 0.560. The van der Waals surface area contributed by atoms with E-state index in [1.165, 1.54) is 25.2 Å². The molecule has 0 aliphatic carbocycles. The maximum atomic E-state index is 12.8. The van der Waals surface area contributed by atoms with Gasteiger partial charge in [-0.15, -0.1) is 0 Å². The first-order valence-corrected chi connectivity index (χ1v) is 8.81. The van der Waals surface area contributed by atoms with Crippen LogP contribution < -0.4 is 0 Å². The molecule has 25 heavy (non-hydrogen) atoms. The Kier molecular flexibility index (Phi) is 5.38. The number of carboxylic acids is 1. The SMILES string of the molecule is CN(CC(=O)O)C(=O)C1CCCN1S(=O)(=O)c1cccc([N+](=O)[O-])c1. The van der Waals surface area contributed by atoms with Crippen LogP contribution in [-0.2, 0) is 19.6 Å². The Morgan fingerprint density at radius 1 is 1.44 bits per heavy atom. The number of amides is 1. The molecule has 136 valence electrons. The number of carbonyl (C=O) groups is 2. The molecule has 1 aliphatic rings. The standard InChI is InChI=1S/C14H17N3O7S/c1-15(9-13(18)19)14(20)12-6-3-7-16(12)25(23,24)11-5-2-4-10(8-11)17(21)22/h2,4-5,8,12H,3,6-7,9H2,1H3,(H,18,19). The summed E-state index contributed by atoms with van der Waals surface area (Å²) in [7, 11) is -2.83. The topological polar surface area (TPSA) is 138 Å². The van der Waals surface area contributed by atoms with Gasteiger partial charge in [0.1, 0.15) is 12.6 Å². The van der Waals surface area contributed by atoms with E-state index >= 15 is 0 Å². The number of benzene rings is 1. The lowest BCUT2D eigenvalue weighted by molar-refractivity contribution is -0.385. The molecule has 1 aliphatic heterocycles. The van der Waals surface area contributed by atoms with Gasteiger partial charge in [-0.2, -0.15) is 4.31 Å². The zero-order valence-corrected chi connectivity index (χ0v) is 14.2. The van der Waals surface area contributed by atoms with Crippen molar-refractivity contribution in [2.45, 2.75) is 23.8 Å². The molecule has 0 bridgehead atoms. The number of sulfonamides is 1. The van der Waals surface area contributed by atoms with Gasteiger partial charge < -0.3 is 10.0 Å². The van der Waals surface area contributed by atoms with E-state index in [-0.39, 0.29) is 23.5 Å². The van der Waals surface area contributed by atoms with E-state index in [4.69, 9.17) is 5.11 Å². The fourth-order valence-corrected chi connectivity index (χ4v) is 4.39. The molecule has 0 spiro atoms. The van der Waals surface area contributed by atoms with Gasteiger partial charge in [-0.3, -0.25) is 19.7 Å². The predicted octanol–water partition coefficient (Wildman–Crippen LogP) is 0.291. The van der Waals surface area contributed by atoms with E-state index in [0.717, 1.165) is 15.3 Å². The van der Waals surface area contributed by atoms with E-state index < -0.39 is 39.4 Å². The highest BCUT2D eigenvalue weighted by molar-refractivity contribution is 7.89. The summed E-state index contributed by atoms with van der Waals surface area (Å²) in [5, 5.41) is 19.6. The minimum atomic E-state index is -4.12. The lowest BCUT2D eigenvalue weighted by Crippen LogP contribution is -2.47. The van der Waals surface area contributed by atoms with Gasteiger partial charge in [0.2, 0.25) is 15.9 Å². The minimum absolute atomic E-state index is 0.0857. The van der Waals surface area contributed by atoms with Crippen molar-refractivity contribution < 1.29 is 28.0 Å². The van der Waals surface area contributed by atoms with Crippen LogP contribution in [0.25, 0.3) is 0 Å². The van der Waals surface area contributed by atoms with Crippen LogP contribution in [0.4, 0.5) is 5.69 Å². The second-order valence-electron chi connectivity index (χ2n) is 5.62. The molecule has 2 rings (SSSR count). The van der Waals surface area contributed by atoms with Gasteiger partial charge in [-0.25, -0.2) is 8.42 Å². The third kappa shape index (κ3) is 3.94. The van der Waals surface area contributed by atoms with E-state index in [0.29, 0.717) is 6.42 Å². The van der Waals surface area contributed by atoms with Crippen LogP contribution in [0.2, 0.25) is 0 Å². The smallest absolute Gasteiger partial charge is 0.323 e. The number of nitro groups is 1. The molecule has 1 heterocycles. The highest BCUT2D eigenvalue weighted by Crippen LogP contribution is 2.28. The van der Waals surface area contributed by atoms with Gasteiger partial charge in [0.05, 0.1) is 9.82 Å². The van der Waals surface area contributed by atoms with E-state index in [1.54, 1.807) is 0 Å². The monoisotopic (exact) mass is 371 g/mol. The molecular formula is C14H17N3O7S. The predicted molar refractivity (Wildman–Crippen MR) is 85.3 cm³/mol. The highest BCUT2D eigenvalue weighted by Gasteiger charge is 2.41. The van der Waals surface area contributed by atoms with Crippen molar-refractivity contribution in [3.63, 3.8) is 0 Å². The van der Waals surface area contributed by atoms with E-state index in [2.05, 4.69) is 0 Å². The maximum absolute atomic E-state index is 12.8. The first-order chi connectivity index (χ1) is 11.6. The molecule has 10 nitrogen and oxygen atoms in total. The molecule has 11 heteroatoms. The molecule has 1 atom stereocenters. The van der Waals surface area contributed by atoms with Crippen LogP contribution >= 0.6 is 0 Å². The Bertz CT molecular complexity index is 808. The van der Waals surface area contributed by atoms with Crippen LogP contribution in [0.5, 0.6) is 0 Å². The third-order valence-electron chi connectivity index (χ3n) is 3.87. The molecule has 0 aromatic heterocycles. The van der Waals surface area contributed by atoms with Gasteiger partial charge in [0.15, 0.2) is 0 Å². The third-order valence-corrected chi connectivity index (χ3v) is 5.78. The number of hydrogen-bond acceptors (Lipinski definition) is 6. The molecule has 1 amide bonds. The fraction of sp³-hybridized carbons (Fsp3) is 0.429. The summed E-state index contributed by atoms with van der Waals surface area (Å²) >= 11 is 0. The Morgan fingerprint density at radius 2 is 2.12 bits per heavy atom. The normalized spacial score (nSPS) is 18.0. The number of aliphatic carboxylic acids is 1. The lowest BCUT2D eigenvalue weighted by atomic mass is 10.2. The lowest BCUT2D eigenvalue weighted by Gasteiger charge is -2.26. The van der Waals surface area contributed by atoms with Crippen LogP contribution in [0, 0.1) is 10.1 Å². The maximum Gasteiger partial charge on any atom is 0.323 e. The van der Waals surface area contributed by atoms with Gasteiger partial charge in [0.25, 0.3) is 5.69 Å². The van der Waals surface area contributed by atoms with Crippen molar-refractivity contribution >= 4 is 27.6 Å². The fourth-order valence-electron chi connectivity index (χ4n) is 2.70. The first-order valence-electron chi connectivity index (χ1n) is 7.37. The number of nitro benzene ring substituents is 1. The zero-order chi connectivity index (χ0) is 18.8. The van der Waals surface area contributed by atoms with E-state index in [1.807, 2.05) is 0 Å². The molecule has 1 N–H and O–H groups in total. The second kappa shape index (κ2) is 7.15. The van der Waals surface area contributed by atoms with Crippen LogP contribution in [0.15, 0.2) is 29.2 Å². The Balaban J connectivity index is 2.31. The van der Waals surface area contributed by atoms with Crippen molar-refractivity contribution in [2.24, 2.45) is 0 Å². The number of hydrogen-bond donors (Lipinski definition) is 1. The highest BCUT2D eigenvalue weighted by atomic mass is 32.2. The number of carboxylic acid groups (broad SMARTS) is 1. The van der Waals surface area contributed by atoms with Crippen molar-refractivity contribution in [3.05, 3.63) is 34.4 Å². The summed E-state index contributed by atoms with van der Waals surface area (Å²) in [6, 6.07) is 3.58. The molecule has 1 fully saturated rings. The average Bonchev–Trinajstić information content (AvgIpc) is 3.03. The van der Waals surface area contributed by atoms with Gasteiger partial charge in [-0.1, -0.05) is 6.07 Å². The number of non-ortho nitro benzene ring substituents is 1. The van der Waals surface area contributed by atoms with Crippen molar-refractivity contribution in [3.8, 4) is 0 Å². The number of rotatable bonds is 6. The van der Waals surface area contributed by atoms with Gasteiger partial charge >= 0.3 is 5.97 Å². The van der Waals surface area contributed by atoms with Gasteiger partial charge in [-0.05, 0) is 18.9 Å². The van der Waals surface area contributed by atoms with E-state index in [9.17, 15) is 28.1 Å². The number of likely N-dealkylation sites (N-methyl/N-ethyl adjacent to an activating group) is 1. The largest absolute Gasteiger partial charge is 0.480 e. The molecule has 1 unspecified atom stereocenters. The summed E-state index contributed by atoms with van der Waals surface area (Å²) in [6.07, 6.45) is 0.697. The minimum Gasteiger partial charge on any atom is -0.480 e. The number of nitrogens with zero attached hydrogens (tertiary/aromatic N) is 3. The van der Waals surface area contributed by atoms with Crippen LogP contribution in [-0.4, -0.2) is 65.7 Å². The van der Waals surface area contributed by atoms with Crippen molar-refractivity contribution in [1.82, 2.24) is 9.21 Å². The first kappa shape index (κ1) is 18.8. The summed E-state index contributed by atoms with van der Waals surface area (Å²) in [5.74, 6) is -1.82. The molecule has 1 aromatic carbocycles. The van der Waals surface area contributed by atoms with Crippen molar-refractivity contribution in [2.75, 3.05) is 20.1 Å². The molecule has 1 aromatic rings. The Labute approximate surface area is 143 Å². The Morgan fingerprint density at radius 3 is 2.72 bits per heavy atom. The van der Waals surface area contributed by atoms with Crippen LogP contribution in [0.3, 0.4) is 0 Å².